The van der Waals surface area contributed by atoms with Gasteiger partial charge in [-0.1, -0.05) is 12.1 Å². The maximum Gasteiger partial charge on any atom is 0.194 e. The third-order valence-corrected chi connectivity index (χ3v) is 4.38. The molecule has 5 nitrogen and oxygen atoms in total. The zero-order chi connectivity index (χ0) is 17.9. The molecule has 0 saturated carbocycles. The van der Waals surface area contributed by atoms with Gasteiger partial charge in [0.2, 0.25) is 0 Å². The Labute approximate surface area is 174 Å². The van der Waals surface area contributed by atoms with Crippen molar-refractivity contribution < 1.29 is 9.13 Å². The van der Waals surface area contributed by atoms with Gasteiger partial charge in [0.25, 0.3) is 0 Å². The summed E-state index contributed by atoms with van der Waals surface area (Å²) in [4.78, 5) is 9.13. The number of methoxy groups -OCH3 is 1. The van der Waals surface area contributed by atoms with Crippen LogP contribution >= 0.6 is 24.0 Å². The molecule has 1 N–H and O–H groups in total. The summed E-state index contributed by atoms with van der Waals surface area (Å²) in [5.74, 6) is 0.829. The number of nitrogens with zero attached hydrogens (tertiary/aromatic N) is 3. The molecular weight excluding hydrogens is 446 g/mol. The van der Waals surface area contributed by atoms with Crippen molar-refractivity contribution in [1.82, 2.24) is 10.2 Å². The molecule has 0 atom stereocenters. The molecule has 1 saturated heterocycles. The Morgan fingerprint density at radius 3 is 2.54 bits per heavy atom. The fourth-order valence-electron chi connectivity index (χ4n) is 3.01. The Morgan fingerprint density at radius 2 is 1.88 bits per heavy atom. The van der Waals surface area contributed by atoms with Gasteiger partial charge in [0.05, 0.1) is 5.69 Å². The molecule has 0 aliphatic carbocycles. The first-order chi connectivity index (χ1) is 12.3. The minimum Gasteiger partial charge on any atom is -0.385 e. The van der Waals surface area contributed by atoms with Crippen molar-refractivity contribution >= 4 is 35.6 Å². The molecule has 1 aromatic carbocycles. The highest BCUT2D eigenvalue weighted by Gasteiger charge is 2.21. The SMILES string of the molecule is CCNC(=NCCCCCOC)N1CCN(c2ccccc2F)CC1.I. The standard InChI is InChI=1S/C19H31FN4O.HI/c1-3-21-19(22-11-7-4-8-16-25-2)24-14-12-23(13-15-24)18-10-6-5-9-17(18)20;/h5-6,9-10H,3-4,7-8,11-16H2,1-2H3,(H,21,22);1H. The van der Waals surface area contributed by atoms with Gasteiger partial charge in [-0.05, 0) is 38.3 Å². The Bertz CT molecular complexity index is 536. The Hall–Kier alpha value is -1.09. The van der Waals surface area contributed by atoms with Crippen molar-refractivity contribution in [2.24, 2.45) is 4.99 Å². The third kappa shape index (κ3) is 7.26. The van der Waals surface area contributed by atoms with E-state index >= 15 is 0 Å². The summed E-state index contributed by atoms with van der Waals surface area (Å²) >= 11 is 0. The average molecular weight is 478 g/mol. The maximum absolute atomic E-state index is 13.9. The molecule has 0 aromatic heterocycles. The number of anilines is 1. The fourth-order valence-corrected chi connectivity index (χ4v) is 3.01. The highest BCUT2D eigenvalue weighted by molar-refractivity contribution is 14.0. The van der Waals surface area contributed by atoms with E-state index in [1.807, 2.05) is 12.1 Å². The predicted octanol–water partition coefficient (Wildman–Crippen LogP) is 3.35. The van der Waals surface area contributed by atoms with Gasteiger partial charge in [-0.2, -0.15) is 0 Å². The zero-order valence-corrected chi connectivity index (χ0v) is 18.2. The normalized spacial score (nSPS) is 15.0. The summed E-state index contributed by atoms with van der Waals surface area (Å²) in [6, 6.07) is 7.00. The van der Waals surface area contributed by atoms with Crippen LogP contribution in [0, 0.1) is 5.82 Å². The van der Waals surface area contributed by atoms with E-state index in [0.29, 0.717) is 5.69 Å². The summed E-state index contributed by atoms with van der Waals surface area (Å²) in [7, 11) is 1.74. The smallest absolute Gasteiger partial charge is 0.194 e. The quantitative estimate of drug-likeness (QED) is 0.269. The van der Waals surface area contributed by atoms with Crippen LogP contribution in [-0.2, 0) is 4.74 Å². The molecule has 1 aromatic rings. The van der Waals surface area contributed by atoms with Crippen LogP contribution in [0.15, 0.2) is 29.3 Å². The second-order valence-corrected chi connectivity index (χ2v) is 6.21. The number of rotatable bonds is 8. The molecule has 0 spiro atoms. The van der Waals surface area contributed by atoms with Crippen LogP contribution in [0.3, 0.4) is 0 Å². The molecular formula is C19H32FIN4O. The molecule has 0 unspecified atom stereocenters. The molecule has 7 heteroatoms. The molecule has 148 valence electrons. The van der Waals surface area contributed by atoms with Crippen molar-refractivity contribution in [2.45, 2.75) is 26.2 Å². The summed E-state index contributed by atoms with van der Waals surface area (Å²) in [5.41, 5.74) is 0.697. The lowest BCUT2D eigenvalue weighted by Crippen LogP contribution is -2.52. The maximum atomic E-state index is 13.9. The van der Waals surface area contributed by atoms with Crippen LogP contribution < -0.4 is 10.2 Å². The number of nitrogens with one attached hydrogen (secondary N) is 1. The number of aliphatic imine (C=N–C) groups is 1. The largest absolute Gasteiger partial charge is 0.385 e. The lowest BCUT2D eigenvalue weighted by atomic mass is 10.2. The number of unbranched alkanes of at least 4 members (excludes halogenated alkanes) is 2. The summed E-state index contributed by atoms with van der Waals surface area (Å²) in [5, 5.41) is 3.38. The van der Waals surface area contributed by atoms with Gasteiger partial charge in [-0.25, -0.2) is 4.39 Å². The Morgan fingerprint density at radius 1 is 1.15 bits per heavy atom. The average Bonchev–Trinajstić information content (AvgIpc) is 2.64. The van der Waals surface area contributed by atoms with Gasteiger partial charge < -0.3 is 19.9 Å². The Balaban J connectivity index is 0.00000338. The predicted molar refractivity (Wildman–Crippen MR) is 117 cm³/mol. The third-order valence-electron chi connectivity index (χ3n) is 4.38. The van der Waals surface area contributed by atoms with Gasteiger partial charge in [-0.3, -0.25) is 4.99 Å². The van der Waals surface area contributed by atoms with Gasteiger partial charge in [-0.15, -0.1) is 24.0 Å². The lowest BCUT2D eigenvalue weighted by molar-refractivity contribution is 0.192. The highest BCUT2D eigenvalue weighted by Crippen LogP contribution is 2.20. The summed E-state index contributed by atoms with van der Waals surface area (Å²) in [6.45, 7) is 7.91. The van der Waals surface area contributed by atoms with Crippen LogP contribution in [0.4, 0.5) is 10.1 Å². The minimum absolute atomic E-state index is 0. The highest BCUT2D eigenvalue weighted by atomic mass is 127. The van der Waals surface area contributed by atoms with E-state index in [-0.39, 0.29) is 29.8 Å². The number of guanidine groups is 1. The van der Waals surface area contributed by atoms with E-state index in [4.69, 9.17) is 9.73 Å². The zero-order valence-electron chi connectivity index (χ0n) is 15.9. The van der Waals surface area contributed by atoms with E-state index in [0.717, 1.165) is 71.1 Å². The fraction of sp³-hybridized carbons (Fsp3) is 0.632. The van der Waals surface area contributed by atoms with E-state index in [1.54, 1.807) is 13.2 Å². The monoisotopic (exact) mass is 478 g/mol. The van der Waals surface area contributed by atoms with Crippen molar-refractivity contribution in [3.05, 3.63) is 30.1 Å². The molecule has 0 radical (unpaired) electrons. The van der Waals surface area contributed by atoms with Crippen LogP contribution in [-0.4, -0.2) is 63.8 Å². The van der Waals surface area contributed by atoms with Crippen LogP contribution in [0.25, 0.3) is 0 Å². The number of hydrogen-bond donors (Lipinski definition) is 1. The number of piperazine rings is 1. The van der Waals surface area contributed by atoms with Crippen LogP contribution in [0.1, 0.15) is 26.2 Å². The van der Waals surface area contributed by atoms with Gasteiger partial charge in [0, 0.05) is 53.0 Å². The van der Waals surface area contributed by atoms with Crippen molar-refractivity contribution in [3.8, 4) is 0 Å². The first-order valence-electron chi connectivity index (χ1n) is 9.28. The van der Waals surface area contributed by atoms with Crippen molar-refractivity contribution in [2.75, 3.05) is 57.9 Å². The van der Waals surface area contributed by atoms with Gasteiger partial charge in [0.1, 0.15) is 5.82 Å². The van der Waals surface area contributed by atoms with Crippen molar-refractivity contribution in [3.63, 3.8) is 0 Å². The molecule has 1 aliphatic heterocycles. The number of halogens is 2. The number of para-hydroxylation sites is 1. The van der Waals surface area contributed by atoms with E-state index in [2.05, 4.69) is 22.0 Å². The minimum atomic E-state index is -0.146. The molecule has 1 fully saturated rings. The second kappa shape index (κ2) is 13.1. The molecule has 26 heavy (non-hydrogen) atoms. The number of hydrogen-bond acceptors (Lipinski definition) is 3. The van der Waals surface area contributed by atoms with Crippen LogP contribution in [0.2, 0.25) is 0 Å². The van der Waals surface area contributed by atoms with Gasteiger partial charge >= 0.3 is 0 Å². The summed E-state index contributed by atoms with van der Waals surface area (Å²) in [6.07, 6.45) is 3.30. The first kappa shape index (κ1) is 23.0. The molecule has 0 bridgehead atoms. The first-order valence-corrected chi connectivity index (χ1v) is 9.28. The van der Waals surface area contributed by atoms with E-state index < -0.39 is 0 Å². The van der Waals surface area contributed by atoms with E-state index in [1.165, 1.54) is 6.07 Å². The van der Waals surface area contributed by atoms with E-state index in [9.17, 15) is 4.39 Å². The topological polar surface area (TPSA) is 40.1 Å². The molecule has 0 amide bonds. The lowest BCUT2D eigenvalue weighted by Gasteiger charge is -2.37. The molecule has 1 aliphatic rings. The van der Waals surface area contributed by atoms with Crippen molar-refractivity contribution in [1.29, 1.82) is 0 Å². The molecule has 2 rings (SSSR count). The Kier molecular flexibility index (Phi) is 11.6. The number of benzene rings is 1. The second-order valence-electron chi connectivity index (χ2n) is 6.21. The van der Waals surface area contributed by atoms with Gasteiger partial charge in [0.15, 0.2) is 5.96 Å². The summed E-state index contributed by atoms with van der Waals surface area (Å²) < 4.78 is 19.0. The molecule has 1 heterocycles. The van der Waals surface area contributed by atoms with Crippen LogP contribution in [0.5, 0.6) is 0 Å². The number of ether oxygens (including phenoxy) is 1.